The smallest absolute Gasteiger partial charge is 0.238 e. The van der Waals surface area contributed by atoms with Crippen LogP contribution in [0.4, 0.5) is 4.39 Å². The van der Waals surface area contributed by atoms with Crippen LogP contribution >= 0.6 is 0 Å². The van der Waals surface area contributed by atoms with Crippen LogP contribution in [0, 0.1) is 5.95 Å². The fourth-order valence-electron chi connectivity index (χ4n) is 2.82. The molecule has 6 heteroatoms. The number of pyridine rings is 1. The lowest BCUT2D eigenvalue weighted by atomic mass is 9.88. The highest BCUT2D eigenvalue weighted by Gasteiger charge is 2.34. The summed E-state index contributed by atoms with van der Waals surface area (Å²) in [7, 11) is 1.60. The third-order valence-corrected chi connectivity index (χ3v) is 4.07. The summed E-state index contributed by atoms with van der Waals surface area (Å²) >= 11 is 0. The van der Waals surface area contributed by atoms with Gasteiger partial charge in [-0.05, 0) is 30.2 Å². The molecular weight excluding hydrogens is 295 g/mol. The van der Waals surface area contributed by atoms with Crippen molar-refractivity contribution in [2.45, 2.75) is 18.9 Å². The maximum Gasteiger partial charge on any atom is 0.238 e. The molecule has 1 unspecified atom stereocenters. The number of rotatable bonds is 2. The number of guanidine groups is 1. The number of aliphatic imine (C=N–C) groups is 1. The average Bonchev–Trinajstić information content (AvgIpc) is 2.53. The Hall–Kier alpha value is -2.76. The second kappa shape index (κ2) is 5.79. The van der Waals surface area contributed by atoms with E-state index in [4.69, 9.17) is 5.73 Å². The topological polar surface area (TPSA) is 71.6 Å². The zero-order chi connectivity index (χ0) is 16.6. The number of hydrogen-bond acceptors (Lipinski definition) is 4. The Morgan fingerprint density at radius 1 is 1.26 bits per heavy atom. The molecule has 0 saturated heterocycles. The number of likely N-dealkylation sites (N-methyl/N-ethyl adjacent to an activating group) is 1. The lowest BCUT2D eigenvalue weighted by Crippen LogP contribution is -2.48. The Bertz CT molecular complexity index is 790. The minimum Gasteiger partial charge on any atom is -0.369 e. The standard InChI is InChI=1S/C17H17FN4O/c1-10-14(16(23)22(2)17(19)21-10)12-6-3-5-11(9-12)13-7-4-8-20-15(13)18/h3-10,14H,1-2H3,(H2,19,21)/t10-,14?/m0/s1. The highest BCUT2D eigenvalue weighted by atomic mass is 19.1. The van der Waals surface area contributed by atoms with Crippen LogP contribution < -0.4 is 5.73 Å². The van der Waals surface area contributed by atoms with E-state index >= 15 is 0 Å². The first-order chi connectivity index (χ1) is 11.0. The lowest BCUT2D eigenvalue weighted by molar-refractivity contribution is -0.129. The molecule has 0 aliphatic carbocycles. The Morgan fingerprint density at radius 3 is 2.78 bits per heavy atom. The predicted molar refractivity (Wildman–Crippen MR) is 86.2 cm³/mol. The Balaban J connectivity index is 2.04. The molecule has 0 radical (unpaired) electrons. The van der Waals surface area contributed by atoms with Gasteiger partial charge in [-0.1, -0.05) is 24.3 Å². The minimum atomic E-state index is -0.535. The molecule has 1 amide bonds. The van der Waals surface area contributed by atoms with Crippen LogP contribution in [0.2, 0.25) is 0 Å². The van der Waals surface area contributed by atoms with Crippen molar-refractivity contribution in [1.82, 2.24) is 9.88 Å². The van der Waals surface area contributed by atoms with E-state index in [1.807, 2.05) is 19.1 Å². The zero-order valence-corrected chi connectivity index (χ0v) is 12.9. The van der Waals surface area contributed by atoms with E-state index in [0.29, 0.717) is 11.1 Å². The third-order valence-electron chi connectivity index (χ3n) is 4.07. The first-order valence-corrected chi connectivity index (χ1v) is 7.30. The molecule has 5 nitrogen and oxygen atoms in total. The summed E-state index contributed by atoms with van der Waals surface area (Å²) in [5.74, 6) is -0.874. The van der Waals surface area contributed by atoms with Crippen LogP contribution in [-0.2, 0) is 4.79 Å². The van der Waals surface area contributed by atoms with E-state index in [-0.39, 0.29) is 17.9 Å². The van der Waals surface area contributed by atoms with Crippen molar-refractivity contribution >= 4 is 11.9 Å². The van der Waals surface area contributed by atoms with Crippen molar-refractivity contribution in [3.05, 3.63) is 54.1 Å². The molecule has 0 bridgehead atoms. The van der Waals surface area contributed by atoms with Gasteiger partial charge < -0.3 is 5.73 Å². The van der Waals surface area contributed by atoms with Gasteiger partial charge in [0.05, 0.1) is 12.0 Å². The summed E-state index contributed by atoms with van der Waals surface area (Å²) in [4.78, 5) is 21.9. The summed E-state index contributed by atoms with van der Waals surface area (Å²) < 4.78 is 13.9. The SMILES string of the molecule is C[C@@H]1N=C(N)N(C)C(=O)C1c1cccc(-c2cccnc2F)c1. The van der Waals surface area contributed by atoms with E-state index in [1.54, 1.807) is 31.3 Å². The molecule has 118 valence electrons. The van der Waals surface area contributed by atoms with Crippen molar-refractivity contribution < 1.29 is 9.18 Å². The van der Waals surface area contributed by atoms with Crippen molar-refractivity contribution in [3.63, 3.8) is 0 Å². The number of halogens is 1. The van der Waals surface area contributed by atoms with Crippen LogP contribution in [0.1, 0.15) is 18.4 Å². The zero-order valence-electron chi connectivity index (χ0n) is 12.9. The second-order valence-electron chi connectivity index (χ2n) is 5.57. The van der Waals surface area contributed by atoms with Gasteiger partial charge in [0.25, 0.3) is 0 Å². The molecule has 1 aromatic heterocycles. The summed E-state index contributed by atoms with van der Waals surface area (Å²) in [6.45, 7) is 1.85. The van der Waals surface area contributed by atoms with Crippen LogP contribution in [0.5, 0.6) is 0 Å². The fraction of sp³-hybridized carbons (Fsp3) is 0.235. The van der Waals surface area contributed by atoms with Gasteiger partial charge in [0.1, 0.15) is 0 Å². The summed E-state index contributed by atoms with van der Waals surface area (Å²) in [6.07, 6.45) is 1.40. The first-order valence-electron chi connectivity index (χ1n) is 7.30. The average molecular weight is 312 g/mol. The van der Waals surface area contributed by atoms with Gasteiger partial charge in [-0.25, -0.2) is 9.98 Å². The van der Waals surface area contributed by atoms with E-state index in [9.17, 15) is 9.18 Å². The molecule has 0 spiro atoms. The van der Waals surface area contributed by atoms with Gasteiger partial charge >= 0.3 is 0 Å². The number of nitrogens with two attached hydrogens (primary N) is 1. The quantitative estimate of drug-likeness (QED) is 0.864. The number of aromatic nitrogens is 1. The molecule has 3 rings (SSSR count). The van der Waals surface area contributed by atoms with Gasteiger partial charge in [-0.2, -0.15) is 4.39 Å². The van der Waals surface area contributed by atoms with Gasteiger partial charge in [0, 0.05) is 18.8 Å². The Labute approximate surface area is 133 Å². The van der Waals surface area contributed by atoms with E-state index in [1.165, 1.54) is 11.1 Å². The Morgan fingerprint density at radius 2 is 2.04 bits per heavy atom. The van der Waals surface area contributed by atoms with E-state index < -0.39 is 11.9 Å². The molecule has 2 aromatic rings. The van der Waals surface area contributed by atoms with Crippen molar-refractivity contribution in [2.75, 3.05) is 7.05 Å². The molecule has 1 aliphatic rings. The molecule has 1 aliphatic heterocycles. The summed E-state index contributed by atoms with van der Waals surface area (Å²) in [5.41, 5.74) is 7.60. The normalized spacial score (nSPS) is 21.3. The Kier molecular flexibility index (Phi) is 3.82. The molecule has 2 heterocycles. The monoisotopic (exact) mass is 312 g/mol. The molecule has 0 saturated carbocycles. The van der Waals surface area contributed by atoms with Crippen LogP contribution in [0.25, 0.3) is 11.1 Å². The third kappa shape index (κ3) is 2.67. The number of carbonyl (C=O) groups is 1. The van der Waals surface area contributed by atoms with Gasteiger partial charge in [0.2, 0.25) is 11.9 Å². The fourth-order valence-corrected chi connectivity index (χ4v) is 2.82. The van der Waals surface area contributed by atoms with Gasteiger partial charge in [-0.3, -0.25) is 9.69 Å². The van der Waals surface area contributed by atoms with Gasteiger partial charge in [0.15, 0.2) is 5.96 Å². The van der Waals surface area contributed by atoms with E-state index in [0.717, 1.165) is 5.56 Å². The summed E-state index contributed by atoms with van der Waals surface area (Å²) in [6, 6.07) is 10.3. The van der Waals surface area contributed by atoms with Crippen LogP contribution in [-0.4, -0.2) is 34.8 Å². The maximum absolute atomic E-state index is 13.9. The number of benzene rings is 1. The highest BCUT2D eigenvalue weighted by molar-refractivity contribution is 6.01. The molecule has 0 fully saturated rings. The molecule has 2 atom stereocenters. The largest absolute Gasteiger partial charge is 0.369 e. The molecule has 2 N–H and O–H groups in total. The van der Waals surface area contributed by atoms with Crippen molar-refractivity contribution in [3.8, 4) is 11.1 Å². The van der Waals surface area contributed by atoms with Gasteiger partial charge in [-0.15, -0.1) is 0 Å². The predicted octanol–water partition coefficient (Wildman–Crippen LogP) is 2.15. The summed E-state index contributed by atoms with van der Waals surface area (Å²) in [5, 5.41) is 0. The van der Waals surface area contributed by atoms with Crippen molar-refractivity contribution in [1.29, 1.82) is 0 Å². The molecular formula is C17H17FN4O. The molecule has 23 heavy (non-hydrogen) atoms. The minimum absolute atomic E-state index is 0.117. The lowest BCUT2D eigenvalue weighted by Gasteiger charge is -2.31. The highest BCUT2D eigenvalue weighted by Crippen LogP contribution is 2.31. The maximum atomic E-state index is 13.9. The van der Waals surface area contributed by atoms with Crippen LogP contribution in [0.15, 0.2) is 47.6 Å². The van der Waals surface area contributed by atoms with E-state index in [2.05, 4.69) is 9.98 Å². The number of nitrogens with zero attached hydrogens (tertiary/aromatic N) is 3. The number of carbonyl (C=O) groups excluding carboxylic acids is 1. The van der Waals surface area contributed by atoms with Crippen molar-refractivity contribution in [2.24, 2.45) is 10.7 Å². The first kappa shape index (κ1) is 15.1. The number of hydrogen-bond donors (Lipinski definition) is 1. The number of amides is 1. The van der Waals surface area contributed by atoms with Crippen LogP contribution in [0.3, 0.4) is 0 Å². The molecule has 1 aromatic carbocycles. The second-order valence-corrected chi connectivity index (χ2v) is 5.57.